The van der Waals surface area contributed by atoms with Crippen molar-refractivity contribution < 1.29 is 9.53 Å². The lowest BCUT2D eigenvalue weighted by molar-refractivity contribution is 0.102. The summed E-state index contributed by atoms with van der Waals surface area (Å²) in [5, 5.41) is 3.01. The molecule has 1 aliphatic heterocycles. The van der Waals surface area contributed by atoms with Gasteiger partial charge >= 0.3 is 0 Å². The summed E-state index contributed by atoms with van der Waals surface area (Å²) < 4.78 is 5.56. The fraction of sp³-hybridized carbons (Fsp3) is 0.0909. The van der Waals surface area contributed by atoms with Crippen molar-refractivity contribution in [2.75, 3.05) is 18.5 Å². The molecule has 1 N–H and O–H groups in total. The molecule has 4 nitrogen and oxygen atoms in total. The topological polar surface area (TPSA) is 50.7 Å². The van der Waals surface area contributed by atoms with E-state index in [1.54, 1.807) is 0 Å². The highest BCUT2D eigenvalue weighted by Gasteiger charge is 2.18. The van der Waals surface area contributed by atoms with Gasteiger partial charge in [-0.3, -0.25) is 4.79 Å². The molecule has 0 aromatic heterocycles. The summed E-state index contributed by atoms with van der Waals surface area (Å²) in [5.41, 5.74) is 4.03. The summed E-state index contributed by atoms with van der Waals surface area (Å²) in [4.78, 5) is 17.3. The average molecular weight is 342 g/mol. The van der Waals surface area contributed by atoms with Gasteiger partial charge in [-0.2, -0.15) is 0 Å². The molecule has 3 aromatic carbocycles. The first-order valence-electron chi connectivity index (χ1n) is 8.55. The lowest BCUT2D eigenvalue weighted by Gasteiger charge is -2.13. The molecular formula is C22H18N2O2. The van der Waals surface area contributed by atoms with Gasteiger partial charge in [0.05, 0.1) is 17.8 Å². The Balaban J connectivity index is 1.67. The third-order valence-corrected chi connectivity index (χ3v) is 4.25. The zero-order valence-corrected chi connectivity index (χ0v) is 14.2. The summed E-state index contributed by atoms with van der Waals surface area (Å²) in [6.07, 6.45) is 0. The minimum absolute atomic E-state index is 0.157. The highest BCUT2D eigenvalue weighted by molar-refractivity contribution is 6.11. The summed E-state index contributed by atoms with van der Waals surface area (Å²) in [6, 6.07) is 25.1. The summed E-state index contributed by atoms with van der Waals surface area (Å²) in [5.74, 6) is 0.424. The second-order valence-electron chi connectivity index (χ2n) is 5.95. The largest absolute Gasteiger partial charge is 0.475 e. The van der Waals surface area contributed by atoms with Crippen LogP contribution in [0.3, 0.4) is 0 Å². The fourth-order valence-electron chi connectivity index (χ4n) is 3.02. The van der Waals surface area contributed by atoms with Crippen molar-refractivity contribution >= 4 is 17.5 Å². The van der Waals surface area contributed by atoms with E-state index in [9.17, 15) is 4.79 Å². The van der Waals surface area contributed by atoms with Crippen LogP contribution in [0.1, 0.15) is 15.9 Å². The Bertz CT molecular complexity index is 965. The highest BCUT2D eigenvalue weighted by atomic mass is 16.5. The van der Waals surface area contributed by atoms with Gasteiger partial charge < -0.3 is 10.1 Å². The van der Waals surface area contributed by atoms with Gasteiger partial charge in [-0.1, -0.05) is 60.7 Å². The van der Waals surface area contributed by atoms with Gasteiger partial charge in [0.2, 0.25) is 5.90 Å². The molecule has 1 aliphatic rings. The molecule has 0 bridgehead atoms. The SMILES string of the molecule is O=C(Nc1ccccc1C1=NCCO1)c1ccccc1-c1ccccc1. The summed E-state index contributed by atoms with van der Waals surface area (Å²) >= 11 is 0. The number of amides is 1. The van der Waals surface area contributed by atoms with Crippen LogP contribution in [0.5, 0.6) is 0 Å². The summed E-state index contributed by atoms with van der Waals surface area (Å²) in [7, 11) is 0. The smallest absolute Gasteiger partial charge is 0.256 e. The predicted octanol–water partition coefficient (Wildman–Crippen LogP) is 4.38. The second-order valence-corrected chi connectivity index (χ2v) is 5.95. The van der Waals surface area contributed by atoms with E-state index in [1.165, 1.54) is 0 Å². The Morgan fingerprint density at radius 3 is 2.31 bits per heavy atom. The number of para-hydroxylation sites is 1. The Hall–Kier alpha value is -3.40. The van der Waals surface area contributed by atoms with Crippen molar-refractivity contribution in [3.05, 3.63) is 90.0 Å². The molecule has 4 rings (SSSR count). The predicted molar refractivity (Wildman–Crippen MR) is 104 cm³/mol. The number of benzene rings is 3. The third-order valence-electron chi connectivity index (χ3n) is 4.25. The molecule has 0 saturated carbocycles. The maximum Gasteiger partial charge on any atom is 0.256 e. The average Bonchev–Trinajstić information content (AvgIpc) is 3.24. The van der Waals surface area contributed by atoms with E-state index in [4.69, 9.17) is 4.74 Å². The second kappa shape index (κ2) is 7.23. The number of rotatable bonds is 4. The van der Waals surface area contributed by atoms with Crippen LogP contribution in [0.15, 0.2) is 83.9 Å². The summed E-state index contributed by atoms with van der Waals surface area (Å²) in [6.45, 7) is 1.23. The maximum atomic E-state index is 13.0. The van der Waals surface area contributed by atoms with E-state index >= 15 is 0 Å². The normalized spacial score (nSPS) is 13.0. The Kier molecular flexibility index (Phi) is 4.48. The maximum absolute atomic E-state index is 13.0. The lowest BCUT2D eigenvalue weighted by atomic mass is 9.99. The van der Waals surface area contributed by atoms with Crippen molar-refractivity contribution in [3.8, 4) is 11.1 Å². The highest BCUT2D eigenvalue weighted by Crippen LogP contribution is 2.25. The molecule has 1 heterocycles. The van der Waals surface area contributed by atoms with Gasteiger partial charge in [0.25, 0.3) is 5.91 Å². The molecule has 0 spiro atoms. The van der Waals surface area contributed by atoms with Gasteiger partial charge in [-0.25, -0.2) is 4.99 Å². The van der Waals surface area contributed by atoms with Crippen LogP contribution >= 0.6 is 0 Å². The molecule has 4 heteroatoms. The van der Waals surface area contributed by atoms with Gasteiger partial charge in [-0.15, -0.1) is 0 Å². The number of ether oxygens (including phenoxy) is 1. The molecule has 0 unspecified atom stereocenters. The molecule has 1 amide bonds. The first kappa shape index (κ1) is 16.1. The van der Waals surface area contributed by atoms with E-state index < -0.39 is 0 Å². The van der Waals surface area contributed by atoms with Crippen LogP contribution in [-0.2, 0) is 4.74 Å². The molecular weight excluding hydrogens is 324 g/mol. The monoisotopic (exact) mass is 342 g/mol. The van der Waals surface area contributed by atoms with Crippen molar-refractivity contribution in [3.63, 3.8) is 0 Å². The molecule has 128 valence electrons. The first-order valence-corrected chi connectivity index (χ1v) is 8.55. The van der Waals surface area contributed by atoms with Gasteiger partial charge in [0.15, 0.2) is 0 Å². The number of hydrogen-bond acceptors (Lipinski definition) is 3. The fourth-order valence-corrected chi connectivity index (χ4v) is 3.02. The van der Waals surface area contributed by atoms with Crippen molar-refractivity contribution in [1.82, 2.24) is 0 Å². The van der Waals surface area contributed by atoms with Crippen LogP contribution in [0, 0.1) is 0 Å². The molecule has 3 aromatic rings. The quantitative estimate of drug-likeness (QED) is 0.765. The molecule has 0 saturated heterocycles. The number of nitrogens with zero attached hydrogens (tertiary/aromatic N) is 1. The third kappa shape index (κ3) is 3.22. The number of nitrogens with one attached hydrogen (secondary N) is 1. The van der Waals surface area contributed by atoms with Crippen LogP contribution < -0.4 is 5.32 Å². The minimum Gasteiger partial charge on any atom is -0.475 e. The molecule has 0 fully saturated rings. The molecule has 0 radical (unpaired) electrons. The Labute approximate surface area is 152 Å². The first-order chi connectivity index (χ1) is 12.8. The van der Waals surface area contributed by atoms with E-state index in [-0.39, 0.29) is 5.91 Å². The Morgan fingerprint density at radius 1 is 0.846 bits per heavy atom. The zero-order chi connectivity index (χ0) is 17.8. The van der Waals surface area contributed by atoms with Crippen molar-refractivity contribution in [2.45, 2.75) is 0 Å². The molecule has 26 heavy (non-hydrogen) atoms. The van der Waals surface area contributed by atoms with Gasteiger partial charge in [0.1, 0.15) is 6.61 Å². The van der Waals surface area contributed by atoms with Crippen LogP contribution in [0.25, 0.3) is 11.1 Å². The van der Waals surface area contributed by atoms with Crippen molar-refractivity contribution in [2.24, 2.45) is 4.99 Å². The van der Waals surface area contributed by atoms with Gasteiger partial charge in [-0.05, 0) is 29.3 Å². The van der Waals surface area contributed by atoms with Crippen molar-refractivity contribution in [1.29, 1.82) is 0 Å². The van der Waals surface area contributed by atoms with E-state index in [2.05, 4.69) is 10.3 Å². The van der Waals surface area contributed by atoms with Crippen LogP contribution in [-0.4, -0.2) is 25.0 Å². The van der Waals surface area contributed by atoms with E-state index in [1.807, 2.05) is 78.9 Å². The molecule has 0 atom stereocenters. The zero-order valence-electron chi connectivity index (χ0n) is 14.2. The minimum atomic E-state index is -0.157. The van der Waals surface area contributed by atoms with Crippen LogP contribution in [0.2, 0.25) is 0 Å². The van der Waals surface area contributed by atoms with E-state index in [0.29, 0.717) is 30.3 Å². The number of hydrogen-bond donors (Lipinski definition) is 1. The Morgan fingerprint density at radius 2 is 1.54 bits per heavy atom. The number of carbonyl (C=O) groups is 1. The standard InChI is InChI=1S/C22H18N2O2/c25-21(18-11-5-4-10-17(18)16-8-2-1-3-9-16)24-20-13-7-6-12-19(20)22-23-14-15-26-22/h1-13H,14-15H2,(H,24,25). The number of carbonyl (C=O) groups excluding carboxylic acids is 1. The van der Waals surface area contributed by atoms with E-state index in [0.717, 1.165) is 16.7 Å². The number of aliphatic imine (C=N–C) groups is 1. The van der Waals surface area contributed by atoms with Crippen LogP contribution in [0.4, 0.5) is 5.69 Å². The lowest BCUT2D eigenvalue weighted by Crippen LogP contribution is -2.16. The van der Waals surface area contributed by atoms with Gasteiger partial charge in [0, 0.05) is 5.56 Å². The molecule has 0 aliphatic carbocycles. The number of anilines is 1.